The van der Waals surface area contributed by atoms with Crippen LogP contribution in [0.5, 0.6) is 0 Å². The number of imide groups is 1. The van der Waals surface area contributed by atoms with Crippen molar-refractivity contribution in [3.63, 3.8) is 0 Å². The molecule has 0 bridgehead atoms. The van der Waals surface area contributed by atoms with Crippen LogP contribution in [0.3, 0.4) is 0 Å². The molecule has 4 aliphatic heterocycles. The number of nitrogens with one attached hydrogen (secondary N) is 2. The molecule has 2 fully saturated rings. The largest absolute Gasteiger partial charge is 0.470 e. The number of piperidine rings is 1. The highest BCUT2D eigenvalue weighted by Crippen LogP contribution is 2.46. The average molecular weight is 1140 g/mol. The molecule has 22 nitrogen and oxygen atoms in total. The van der Waals surface area contributed by atoms with E-state index in [9.17, 15) is 43.4 Å². The van der Waals surface area contributed by atoms with Gasteiger partial charge in [0, 0.05) is 111 Å². The summed E-state index contributed by atoms with van der Waals surface area (Å²) in [5.74, 6) is -1.28. The van der Waals surface area contributed by atoms with Crippen molar-refractivity contribution >= 4 is 71.5 Å². The van der Waals surface area contributed by atoms with Crippen molar-refractivity contribution in [3.05, 3.63) is 142 Å². The Hall–Kier alpha value is -7.85. The van der Waals surface area contributed by atoms with Gasteiger partial charge in [-0.15, -0.1) is 0 Å². The zero-order valence-electron chi connectivity index (χ0n) is 46.9. The molecule has 6 aromatic rings. The van der Waals surface area contributed by atoms with Gasteiger partial charge in [-0.1, -0.05) is 20.4 Å². The van der Waals surface area contributed by atoms with Gasteiger partial charge in [0.05, 0.1) is 46.2 Å². The third-order valence-electron chi connectivity index (χ3n) is 16.6. The van der Waals surface area contributed by atoms with Gasteiger partial charge in [0.15, 0.2) is 5.82 Å². The maximum atomic E-state index is 14.1. The number of phosphoric acid groups is 1. The molecule has 1 unspecified atom stereocenters. The van der Waals surface area contributed by atoms with Crippen molar-refractivity contribution in [2.45, 2.75) is 104 Å². The minimum atomic E-state index is -4.89. The molecule has 23 heteroatoms. The molecule has 3 atom stereocenters. The van der Waals surface area contributed by atoms with Crippen LogP contribution in [0.15, 0.2) is 96.7 Å². The lowest BCUT2D eigenvalue weighted by Crippen LogP contribution is -2.58. The van der Waals surface area contributed by atoms with E-state index in [-0.39, 0.29) is 57.8 Å². The summed E-state index contributed by atoms with van der Waals surface area (Å²) in [5, 5.41) is 17.1. The molecule has 5 aliphatic rings. The van der Waals surface area contributed by atoms with Gasteiger partial charge in [0.1, 0.15) is 17.1 Å². The van der Waals surface area contributed by atoms with E-state index in [4.69, 9.17) is 9.51 Å². The van der Waals surface area contributed by atoms with Crippen LogP contribution < -0.4 is 35.8 Å². The molecule has 82 heavy (non-hydrogen) atoms. The summed E-state index contributed by atoms with van der Waals surface area (Å²) in [5.41, 5.74) is 5.97. The number of aryl methyl sites for hydroxylation is 1. The summed E-state index contributed by atoms with van der Waals surface area (Å²) in [4.78, 5) is 111. The molecule has 2 saturated heterocycles. The van der Waals surface area contributed by atoms with Crippen LogP contribution in [-0.4, -0.2) is 118 Å². The van der Waals surface area contributed by atoms with E-state index >= 15 is 0 Å². The van der Waals surface area contributed by atoms with Gasteiger partial charge in [0.25, 0.3) is 23.3 Å². The lowest BCUT2D eigenvalue weighted by atomic mass is 9.90. The summed E-state index contributed by atoms with van der Waals surface area (Å²) < 4.78 is 20.2. The highest BCUT2D eigenvalue weighted by atomic mass is 31.2. The number of anilines is 7. The molecule has 5 N–H and O–H groups in total. The molecule has 4 aromatic heterocycles. The number of fused-ring (bicyclic) bond motifs is 4. The van der Waals surface area contributed by atoms with Gasteiger partial charge in [-0.05, 0) is 131 Å². The van der Waals surface area contributed by atoms with Crippen LogP contribution in [0.4, 0.5) is 40.1 Å². The number of hydrogen-bond donors (Lipinski definition) is 5. The molecule has 1 aliphatic carbocycles. The zero-order valence-corrected chi connectivity index (χ0v) is 47.8. The summed E-state index contributed by atoms with van der Waals surface area (Å²) in [6.45, 7) is 18.8. The molecule has 0 spiro atoms. The predicted molar refractivity (Wildman–Crippen MR) is 311 cm³/mol. The molecular formula is C59H67N12O10P. The fourth-order valence-electron chi connectivity index (χ4n) is 12.7. The lowest BCUT2D eigenvalue weighted by molar-refractivity contribution is -0.111. The van der Waals surface area contributed by atoms with Gasteiger partial charge in [0.2, 0.25) is 5.91 Å². The van der Waals surface area contributed by atoms with E-state index in [1.165, 1.54) is 54.1 Å². The first kappa shape index (κ1) is 56.0. The fourth-order valence-corrected chi connectivity index (χ4v) is 13.4. The summed E-state index contributed by atoms with van der Waals surface area (Å²) in [7, 11) is -3.27. The monoisotopic (exact) mass is 1130 g/mol. The van der Waals surface area contributed by atoms with E-state index in [1.54, 1.807) is 48.6 Å². The van der Waals surface area contributed by atoms with Crippen molar-refractivity contribution in [2.75, 3.05) is 63.0 Å². The third kappa shape index (κ3) is 10.4. The second kappa shape index (κ2) is 21.2. The van der Waals surface area contributed by atoms with Crippen molar-refractivity contribution in [1.82, 2.24) is 29.0 Å². The third-order valence-corrected chi connectivity index (χ3v) is 17.3. The Morgan fingerprint density at radius 3 is 2.37 bits per heavy atom. The topological polar surface area (TPSA) is 261 Å². The number of aliphatic hydroxyl groups excluding tert-OH is 1. The summed E-state index contributed by atoms with van der Waals surface area (Å²) in [6.07, 6.45) is 9.24. The highest BCUT2D eigenvalue weighted by molar-refractivity contribution is 7.46. The Morgan fingerprint density at radius 1 is 0.866 bits per heavy atom. The lowest BCUT2D eigenvalue weighted by Gasteiger charge is -2.48. The number of carbonyl (C=O) groups is 4. The number of aromatic nitrogens is 5. The number of aliphatic hydroxyl groups is 1. The van der Waals surface area contributed by atoms with Gasteiger partial charge < -0.3 is 44.5 Å². The van der Waals surface area contributed by atoms with E-state index in [0.717, 1.165) is 55.0 Å². The maximum absolute atomic E-state index is 14.1. The van der Waals surface area contributed by atoms with E-state index in [2.05, 4.69) is 74.1 Å². The zero-order chi connectivity index (χ0) is 58.3. The number of benzene rings is 2. The Bertz CT molecular complexity index is 3740. The number of carbonyl (C=O) groups excluding carboxylic acids is 4. The Morgan fingerprint density at radius 2 is 1.63 bits per heavy atom. The molecule has 4 amide bonds. The molecule has 0 radical (unpaired) electrons. The van der Waals surface area contributed by atoms with Crippen molar-refractivity contribution in [3.8, 4) is 11.3 Å². The predicted octanol–water partition coefficient (Wildman–Crippen LogP) is 6.90. The van der Waals surface area contributed by atoms with Crippen LogP contribution in [0, 0.1) is 5.41 Å². The standard InChI is InChI=1S/C59H67N12O10P/c1-9-51(73)63-45-26-37(62-52-57(77)65(8)32-46(64-52)41-15-18-61-53(44(41)33-72)70-23-22-69-48(56(70)76)25-36-29-58(4,5)30-49(36)69)10-13-47(45)68-21-20-66(31-35(68)3)38-16-19-67(34(2)24-38)39-11-12-42-43(27-39)55(75)71(54(42)74)40-14-17-60-50(28-40)59(6,7)81-82(78,79)80/h9-15,17-18,25-28,32,34-35,38,72H,1,16,19-24,29-31,33H2,2-8H3,(H,62,64)(H,63,73)(H2,78,79,80)/t34-,35+,38?/m1/s1. The quantitative estimate of drug-likeness (QED) is 0.0422. The fraction of sp³-hybridized carbons (Fsp3) is 0.390. The van der Waals surface area contributed by atoms with Gasteiger partial charge in [-0.3, -0.25) is 43.3 Å². The average Bonchev–Trinajstić information content (AvgIpc) is 4.09. The minimum absolute atomic E-state index is 0.00558. The minimum Gasteiger partial charge on any atom is -0.392 e. The highest BCUT2D eigenvalue weighted by Gasteiger charge is 2.42. The van der Waals surface area contributed by atoms with Crippen molar-refractivity contribution in [1.29, 1.82) is 0 Å². The second-order valence-electron chi connectivity index (χ2n) is 23.3. The van der Waals surface area contributed by atoms with E-state index in [0.29, 0.717) is 65.9 Å². The number of piperazine rings is 1. The molecule has 11 rings (SSSR count). The second-order valence-corrected chi connectivity index (χ2v) is 24.5. The molecule has 8 heterocycles. The first-order chi connectivity index (χ1) is 38.9. The molecule has 2 aromatic carbocycles. The normalized spacial score (nSPS) is 20.0. The van der Waals surface area contributed by atoms with E-state index < -0.39 is 43.3 Å². The van der Waals surface area contributed by atoms with Crippen molar-refractivity contribution in [2.24, 2.45) is 12.5 Å². The Kier molecular flexibility index (Phi) is 14.5. The first-order valence-corrected chi connectivity index (χ1v) is 29.0. The molecule has 428 valence electrons. The SMILES string of the molecule is C=CC(=O)Nc1cc(Nc2nc(-c3ccnc(N4CCn5c(cc6c5CC(C)(C)C6)C4=O)c3CO)cn(C)c2=O)ccc1N1CCN(C2CCN(c3ccc4c(c3)C(=O)N(c3ccnc(C(C)(C)OP(=O)(O)O)c3)C4=O)[C@H](C)C2)C[C@@H]1C. The maximum Gasteiger partial charge on any atom is 0.470 e. The van der Waals surface area contributed by atoms with Crippen LogP contribution in [0.25, 0.3) is 11.3 Å². The number of pyridine rings is 2. The van der Waals surface area contributed by atoms with E-state index in [1.807, 2.05) is 24.3 Å². The Labute approximate surface area is 474 Å². The van der Waals surface area contributed by atoms with Crippen molar-refractivity contribution < 1.29 is 43.2 Å². The van der Waals surface area contributed by atoms with Crippen LogP contribution in [0.2, 0.25) is 0 Å². The molecule has 0 saturated carbocycles. The number of amides is 4. The number of rotatable bonds is 14. The molecular weight excluding hydrogens is 1070 g/mol. The number of hydrogen-bond acceptors (Lipinski definition) is 15. The first-order valence-electron chi connectivity index (χ1n) is 27.5. The number of phosphoric ester groups is 1. The summed E-state index contributed by atoms with van der Waals surface area (Å²) >= 11 is 0. The van der Waals surface area contributed by atoms with Crippen LogP contribution in [-0.2, 0) is 52.5 Å². The number of nitrogens with zero attached hydrogens (tertiary/aromatic N) is 10. The Balaban J connectivity index is 0.764. The smallest absolute Gasteiger partial charge is 0.392 e. The van der Waals surface area contributed by atoms with Gasteiger partial charge >= 0.3 is 7.82 Å². The van der Waals surface area contributed by atoms with Gasteiger partial charge in [-0.2, -0.15) is 0 Å². The summed E-state index contributed by atoms with van der Waals surface area (Å²) in [6, 6.07) is 17.8. The van der Waals surface area contributed by atoms with Crippen LogP contribution >= 0.6 is 7.82 Å². The van der Waals surface area contributed by atoms with Crippen LogP contribution in [0.1, 0.15) is 108 Å². The van der Waals surface area contributed by atoms with Gasteiger partial charge in [-0.25, -0.2) is 19.4 Å².